The van der Waals surface area contributed by atoms with Gasteiger partial charge in [0.05, 0.1) is 26.4 Å². The Bertz CT molecular complexity index is 599. The summed E-state index contributed by atoms with van der Waals surface area (Å²) in [7, 11) is 3.13. The fourth-order valence-corrected chi connectivity index (χ4v) is 4.05. The minimum absolute atomic E-state index is 0. The monoisotopic (exact) mass is 384 g/mol. The summed E-state index contributed by atoms with van der Waals surface area (Å²) in [5.41, 5.74) is 0.607. The molecule has 1 amide bonds. The first kappa shape index (κ1) is 20.8. The van der Waals surface area contributed by atoms with Gasteiger partial charge in [0, 0.05) is 18.2 Å². The third-order valence-electron chi connectivity index (χ3n) is 5.44. The van der Waals surface area contributed by atoms with Crippen LogP contribution in [0.15, 0.2) is 18.2 Å². The molecule has 146 valence electrons. The lowest BCUT2D eigenvalue weighted by atomic mass is 9.85. The number of carbonyl (C=O) groups excluding carboxylic acids is 1. The Morgan fingerprint density at radius 2 is 2.08 bits per heavy atom. The summed E-state index contributed by atoms with van der Waals surface area (Å²) < 4.78 is 10.5. The highest BCUT2D eigenvalue weighted by atomic mass is 35.5. The molecule has 1 heterocycles. The minimum atomic E-state index is -0.849. The van der Waals surface area contributed by atoms with Gasteiger partial charge in [-0.25, -0.2) is 0 Å². The van der Waals surface area contributed by atoms with E-state index in [4.69, 9.17) is 9.47 Å². The van der Waals surface area contributed by atoms with Gasteiger partial charge in [-0.05, 0) is 43.4 Å². The van der Waals surface area contributed by atoms with Crippen molar-refractivity contribution in [2.75, 3.05) is 20.8 Å². The molecule has 4 atom stereocenters. The fraction of sp³-hybridized carbons (Fsp3) is 0.632. The second-order valence-electron chi connectivity index (χ2n) is 6.97. The van der Waals surface area contributed by atoms with E-state index in [1.165, 1.54) is 19.3 Å². The van der Waals surface area contributed by atoms with Crippen molar-refractivity contribution >= 4 is 18.3 Å². The molecule has 0 aromatic heterocycles. The molecule has 1 aliphatic carbocycles. The zero-order chi connectivity index (χ0) is 17.8. The van der Waals surface area contributed by atoms with Crippen molar-refractivity contribution in [2.45, 2.75) is 50.3 Å². The first-order chi connectivity index (χ1) is 12.1. The van der Waals surface area contributed by atoms with Crippen LogP contribution < -0.4 is 20.1 Å². The molecule has 6 nitrogen and oxygen atoms in total. The molecule has 1 saturated heterocycles. The fourth-order valence-electron chi connectivity index (χ4n) is 4.05. The Balaban J connectivity index is 0.00000243. The standard InChI is InChI=1S/C19H28N2O4.ClH/c1-24-13-7-8-18(25-2)14(10-13)17(22)11-20-19(23)16-9-12-5-3-4-6-15(12)21-16;/h7-8,10,12,15-17,21-22H,3-6,9,11H2,1-2H3,(H,20,23);1H. The van der Waals surface area contributed by atoms with Gasteiger partial charge in [0.25, 0.3) is 0 Å². The summed E-state index contributed by atoms with van der Waals surface area (Å²) >= 11 is 0. The molecule has 1 aliphatic heterocycles. The van der Waals surface area contributed by atoms with E-state index in [0.29, 0.717) is 29.0 Å². The summed E-state index contributed by atoms with van der Waals surface area (Å²) in [5, 5.41) is 16.8. The summed E-state index contributed by atoms with van der Waals surface area (Å²) in [6.45, 7) is 0.149. The summed E-state index contributed by atoms with van der Waals surface area (Å²) in [4.78, 5) is 12.5. The molecule has 0 bridgehead atoms. The Kier molecular flexibility index (Phi) is 7.55. The van der Waals surface area contributed by atoms with Crippen LogP contribution in [0.3, 0.4) is 0 Å². The normalized spacial score (nSPS) is 25.6. The largest absolute Gasteiger partial charge is 0.497 e. The Morgan fingerprint density at radius 3 is 2.77 bits per heavy atom. The highest BCUT2D eigenvalue weighted by molar-refractivity contribution is 5.85. The summed E-state index contributed by atoms with van der Waals surface area (Å²) in [6, 6.07) is 5.60. The van der Waals surface area contributed by atoms with Crippen LogP contribution in [-0.4, -0.2) is 43.9 Å². The second kappa shape index (κ2) is 9.44. The molecule has 0 spiro atoms. The highest BCUT2D eigenvalue weighted by Crippen LogP contribution is 2.33. The number of nitrogens with one attached hydrogen (secondary N) is 2. The summed E-state index contributed by atoms with van der Waals surface area (Å²) in [6.07, 6.45) is 4.94. The number of benzene rings is 1. The van der Waals surface area contributed by atoms with Gasteiger partial charge in [0.2, 0.25) is 5.91 Å². The zero-order valence-electron chi connectivity index (χ0n) is 15.4. The molecule has 3 N–H and O–H groups in total. The number of hydrogen-bond acceptors (Lipinski definition) is 5. The molecule has 7 heteroatoms. The molecule has 2 aliphatic rings. The maximum Gasteiger partial charge on any atom is 0.237 e. The third kappa shape index (κ3) is 4.61. The quantitative estimate of drug-likeness (QED) is 0.700. The van der Waals surface area contributed by atoms with Gasteiger partial charge in [0.1, 0.15) is 11.5 Å². The number of carbonyl (C=O) groups is 1. The second-order valence-corrected chi connectivity index (χ2v) is 6.97. The third-order valence-corrected chi connectivity index (χ3v) is 5.44. The Labute approximate surface area is 161 Å². The number of aliphatic hydroxyl groups excluding tert-OH is 1. The van der Waals surface area contributed by atoms with Crippen LogP contribution in [0.25, 0.3) is 0 Å². The van der Waals surface area contributed by atoms with Crippen LogP contribution in [0, 0.1) is 5.92 Å². The minimum Gasteiger partial charge on any atom is -0.497 e. The Hall–Kier alpha value is -1.50. The number of aliphatic hydroxyl groups is 1. The first-order valence-electron chi connectivity index (χ1n) is 9.06. The van der Waals surface area contributed by atoms with Crippen molar-refractivity contribution in [3.63, 3.8) is 0 Å². The smallest absolute Gasteiger partial charge is 0.237 e. The van der Waals surface area contributed by atoms with Crippen molar-refractivity contribution in [1.29, 1.82) is 0 Å². The number of hydrogen-bond donors (Lipinski definition) is 3. The lowest BCUT2D eigenvalue weighted by Crippen LogP contribution is -2.44. The van der Waals surface area contributed by atoms with E-state index in [1.807, 2.05) is 0 Å². The van der Waals surface area contributed by atoms with Crippen LogP contribution in [-0.2, 0) is 4.79 Å². The topological polar surface area (TPSA) is 79.8 Å². The van der Waals surface area contributed by atoms with Gasteiger partial charge in [-0.3, -0.25) is 4.79 Å². The molecular formula is C19H29ClN2O4. The predicted octanol–water partition coefficient (Wildman–Crippen LogP) is 2.20. The van der Waals surface area contributed by atoms with Crippen LogP contribution in [0.4, 0.5) is 0 Å². The molecule has 2 fully saturated rings. The number of ether oxygens (including phenoxy) is 2. The van der Waals surface area contributed by atoms with E-state index in [9.17, 15) is 9.90 Å². The van der Waals surface area contributed by atoms with Gasteiger partial charge < -0.3 is 25.2 Å². The van der Waals surface area contributed by atoms with Crippen molar-refractivity contribution in [3.8, 4) is 11.5 Å². The van der Waals surface area contributed by atoms with E-state index in [1.54, 1.807) is 32.4 Å². The van der Waals surface area contributed by atoms with Gasteiger partial charge in [-0.15, -0.1) is 12.4 Å². The molecule has 3 rings (SSSR count). The maximum absolute atomic E-state index is 12.5. The van der Waals surface area contributed by atoms with Gasteiger partial charge >= 0.3 is 0 Å². The predicted molar refractivity (Wildman–Crippen MR) is 102 cm³/mol. The van der Waals surface area contributed by atoms with Crippen LogP contribution in [0.2, 0.25) is 0 Å². The molecule has 0 radical (unpaired) electrons. The van der Waals surface area contributed by atoms with E-state index < -0.39 is 6.10 Å². The average molecular weight is 385 g/mol. The SMILES string of the molecule is COc1ccc(OC)c(C(O)CNC(=O)C2CC3CCCCC3N2)c1.Cl. The van der Waals surface area contributed by atoms with Crippen molar-refractivity contribution in [2.24, 2.45) is 5.92 Å². The van der Waals surface area contributed by atoms with Gasteiger partial charge in [-0.2, -0.15) is 0 Å². The first-order valence-corrected chi connectivity index (χ1v) is 9.06. The highest BCUT2D eigenvalue weighted by Gasteiger charge is 2.38. The maximum atomic E-state index is 12.5. The average Bonchev–Trinajstić information content (AvgIpc) is 3.09. The summed E-state index contributed by atoms with van der Waals surface area (Å²) in [5.74, 6) is 1.80. The molecule has 1 saturated carbocycles. The molecule has 1 aromatic rings. The number of rotatable bonds is 6. The number of fused-ring (bicyclic) bond motifs is 1. The van der Waals surface area contributed by atoms with E-state index >= 15 is 0 Å². The molecule has 1 aromatic carbocycles. The van der Waals surface area contributed by atoms with Gasteiger partial charge in [-0.1, -0.05) is 12.8 Å². The molecular weight excluding hydrogens is 356 g/mol. The van der Waals surface area contributed by atoms with Crippen molar-refractivity contribution in [1.82, 2.24) is 10.6 Å². The zero-order valence-corrected chi connectivity index (χ0v) is 16.2. The van der Waals surface area contributed by atoms with E-state index in [0.717, 1.165) is 12.8 Å². The van der Waals surface area contributed by atoms with Crippen molar-refractivity contribution < 1.29 is 19.4 Å². The molecule has 26 heavy (non-hydrogen) atoms. The van der Waals surface area contributed by atoms with Crippen molar-refractivity contribution in [3.05, 3.63) is 23.8 Å². The number of halogens is 1. The van der Waals surface area contributed by atoms with Crippen LogP contribution in [0.5, 0.6) is 11.5 Å². The Morgan fingerprint density at radius 1 is 1.31 bits per heavy atom. The number of amides is 1. The lowest BCUT2D eigenvalue weighted by Gasteiger charge is -2.24. The van der Waals surface area contributed by atoms with Crippen LogP contribution >= 0.6 is 12.4 Å². The van der Waals surface area contributed by atoms with Gasteiger partial charge in [0.15, 0.2) is 0 Å². The van der Waals surface area contributed by atoms with E-state index in [2.05, 4.69) is 10.6 Å². The van der Waals surface area contributed by atoms with Crippen LogP contribution in [0.1, 0.15) is 43.8 Å². The lowest BCUT2D eigenvalue weighted by molar-refractivity contribution is -0.123. The van der Waals surface area contributed by atoms with E-state index in [-0.39, 0.29) is 30.9 Å². The number of methoxy groups -OCH3 is 2. The molecule has 4 unspecified atom stereocenters.